The van der Waals surface area contributed by atoms with Crippen molar-refractivity contribution in [2.24, 2.45) is 23.0 Å². The van der Waals surface area contributed by atoms with Gasteiger partial charge >= 0.3 is 0 Å². The molecule has 2 atom stereocenters. The van der Waals surface area contributed by atoms with Gasteiger partial charge in [0.2, 0.25) is 0 Å². The van der Waals surface area contributed by atoms with Gasteiger partial charge in [0, 0.05) is 0 Å². The molecule has 0 aromatic carbocycles. The van der Waals surface area contributed by atoms with E-state index in [4.69, 9.17) is 5.73 Å². The van der Waals surface area contributed by atoms with E-state index in [9.17, 15) is 0 Å². The highest BCUT2D eigenvalue weighted by atomic mass is 14.6. The fraction of sp³-hybridized carbons (Fsp3) is 1.00. The first kappa shape index (κ1) is 9.51. The second-order valence-electron chi connectivity index (χ2n) is 5.36. The van der Waals surface area contributed by atoms with Gasteiger partial charge in [0.05, 0.1) is 0 Å². The SMILES string of the molecule is CCC1(CN)CC2CCCC(C2)C1. The van der Waals surface area contributed by atoms with E-state index < -0.39 is 0 Å². The lowest BCUT2D eigenvalue weighted by molar-refractivity contribution is 0.0579. The van der Waals surface area contributed by atoms with Gasteiger partial charge in [-0.1, -0.05) is 26.2 Å². The molecule has 13 heavy (non-hydrogen) atoms. The monoisotopic (exact) mass is 181 g/mol. The van der Waals surface area contributed by atoms with Gasteiger partial charge in [-0.05, 0) is 49.5 Å². The standard InChI is InChI=1S/C12H23N/c1-2-12(9-13)7-10-4-3-5-11(6-10)8-12/h10-11H,2-9,13H2,1H3. The quantitative estimate of drug-likeness (QED) is 0.696. The summed E-state index contributed by atoms with van der Waals surface area (Å²) < 4.78 is 0. The van der Waals surface area contributed by atoms with E-state index in [1.165, 1.54) is 44.9 Å². The van der Waals surface area contributed by atoms with Crippen LogP contribution in [0.5, 0.6) is 0 Å². The van der Waals surface area contributed by atoms with Crippen molar-refractivity contribution < 1.29 is 0 Å². The van der Waals surface area contributed by atoms with Crippen molar-refractivity contribution in [3.8, 4) is 0 Å². The van der Waals surface area contributed by atoms with Crippen LogP contribution in [0.2, 0.25) is 0 Å². The largest absolute Gasteiger partial charge is 0.330 e. The van der Waals surface area contributed by atoms with E-state index in [-0.39, 0.29) is 0 Å². The molecule has 76 valence electrons. The topological polar surface area (TPSA) is 26.0 Å². The molecule has 0 aromatic rings. The summed E-state index contributed by atoms with van der Waals surface area (Å²) >= 11 is 0. The van der Waals surface area contributed by atoms with Gasteiger partial charge in [-0.2, -0.15) is 0 Å². The summed E-state index contributed by atoms with van der Waals surface area (Å²) in [5, 5.41) is 0. The molecule has 2 N–H and O–H groups in total. The third kappa shape index (κ3) is 1.76. The normalized spacial score (nSPS) is 44.8. The van der Waals surface area contributed by atoms with Crippen LogP contribution in [0.15, 0.2) is 0 Å². The fourth-order valence-electron chi connectivity index (χ4n) is 3.68. The van der Waals surface area contributed by atoms with Crippen LogP contribution in [0.3, 0.4) is 0 Å². The van der Waals surface area contributed by atoms with Crippen molar-refractivity contribution in [3.63, 3.8) is 0 Å². The summed E-state index contributed by atoms with van der Waals surface area (Å²) in [6, 6.07) is 0. The molecule has 0 aromatic heterocycles. The molecule has 2 saturated carbocycles. The van der Waals surface area contributed by atoms with Crippen molar-refractivity contribution in [3.05, 3.63) is 0 Å². The maximum Gasteiger partial charge on any atom is -0.00204 e. The third-order valence-corrected chi connectivity index (χ3v) is 4.52. The Bertz CT molecular complexity index is 158. The predicted molar refractivity (Wildman–Crippen MR) is 56.5 cm³/mol. The molecule has 0 radical (unpaired) electrons. The van der Waals surface area contributed by atoms with Crippen molar-refractivity contribution in [1.82, 2.24) is 0 Å². The molecule has 2 aliphatic rings. The first-order chi connectivity index (χ1) is 6.28. The summed E-state index contributed by atoms with van der Waals surface area (Å²) in [6.07, 6.45) is 10.1. The summed E-state index contributed by atoms with van der Waals surface area (Å²) in [7, 11) is 0. The van der Waals surface area contributed by atoms with Crippen LogP contribution < -0.4 is 5.73 Å². The Morgan fingerprint density at radius 2 is 1.85 bits per heavy atom. The van der Waals surface area contributed by atoms with E-state index in [2.05, 4.69) is 6.92 Å². The lowest BCUT2D eigenvalue weighted by Gasteiger charge is -2.46. The molecule has 2 aliphatic carbocycles. The van der Waals surface area contributed by atoms with Crippen LogP contribution in [0.4, 0.5) is 0 Å². The van der Waals surface area contributed by atoms with Gasteiger partial charge in [-0.3, -0.25) is 0 Å². The molecule has 1 heteroatoms. The van der Waals surface area contributed by atoms with Crippen molar-refractivity contribution in [1.29, 1.82) is 0 Å². The second-order valence-corrected chi connectivity index (χ2v) is 5.36. The average Bonchev–Trinajstić information content (AvgIpc) is 2.17. The van der Waals surface area contributed by atoms with Gasteiger partial charge in [0.15, 0.2) is 0 Å². The second kappa shape index (κ2) is 3.61. The first-order valence-corrected chi connectivity index (χ1v) is 5.98. The molecule has 0 spiro atoms. The van der Waals surface area contributed by atoms with Crippen LogP contribution in [0, 0.1) is 17.3 Å². The van der Waals surface area contributed by atoms with Gasteiger partial charge in [0.1, 0.15) is 0 Å². The number of rotatable bonds is 2. The highest BCUT2D eigenvalue weighted by Gasteiger charge is 2.39. The minimum Gasteiger partial charge on any atom is -0.330 e. The van der Waals surface area contributed by atoms with E-state index in [0.29, 0.717) is 5.41 Å². The van der Waals surface area contributed by atoms with E-state index in [1.54, 1.807) is 0 Å². The molecule has 0 aliphatic heterocycles. The Balaban J connectivity index is 2.07. The van der Waals surface area contributed by atoms with Crippen molar-refractivity contribution in [2.45, 2.75) is 51.9 Å². The fourth-order valence-corrected chi connectivity index (χ4v) is 3.68. The molecule has 0 saturated heterocycles. The van der Waals surface area contributed by atoms with Crippen LogP contribution in [-0.2, 0) is 0 Å². The molecule has 2 fully saturated rings. The molecular weight excluding hydrogens is 158 g/mol. The lowest BCUT2D eigenvalue weighted by atomic mass is 9.60. The minimum absolute atomic E-state index is 0.536. The maximum absolute atomic E-state index is 5.95. The zero-order valence-electron chi connectivity index (χ0n) is 8.89. The zero-order valence-corrected chi connectivity index (χ0v) is 8.89. The highest BCUT2D eigenvalue weighted by Crippen LogP contribution is 2.49. The third-order valence-electron chi connectivity index (χ3n) is 4.52. The van der Waals surface area contributed by atoms with Crippen LogP contribution >= 0.6 is 0 Å². The van der Waals surface area contributed by atoms with Gasteiger partial charge in [0.25, 0.3) is 0 Å². The van der Waals surface area contributed by atoms with Crippen LogP contribution in [0.25, 0.3) is 0 Å². The minimum atomic E-state index is 0.536. The Labute approximate surface area is 82.1 Å². The number of nitrogens with two attached hydrogens (primary N) is 1. The molecule has 1 nitrogen and oxygen atoms in total. The average molecular weight is 181 g/mol. The summed E-state index contributed by atoms with van der Waals surface area (Å²) in [5.74, 6) is 2.05. The van der Waals surface area contributed by atoms with Gasteiger partial charge in [-0.25, -0.2) is 0 Å². The summed E-state index contributed by atoms with van der Waals surface area (Å²) in [6.45, 7) is 3.25. The first-order valence-electron chi connectivity index (χ1n) is 5.98. The van der Waals surface area contributed by atoms with Crippen molar-refractivity contribution in [2.75, 3.05) is 6.54 Å². The van der Waals surface area contributed by atoms with Crippen LogP contribution in [-0.4, -0.2) is 6.54 Å². The Morgan fingerprint density at radius 3 is 2.31 bits per heavy atom. The molecule has 2 unspecified atom stereocenters. The van der Waals surface area contributed by atoms with Crippen LogP contribution in [0.1, 0.15) is 51.9 Å². The van der Waals surface area contributed by atoms with E-state index in [0.717, 1.165) is 18.4 Å². The maximum atomic E-state index is 5.95. The Kier molecular flexibility index (Phi) is 2.64. The van der Waals surface area contributed by atoms with Gasteiger partial charge in [-0.15, -0.1) is 0 Å². The van der Waals surface area contributed by atoms with E-state index >= 15 is 0 Å². The lowest BCUT2D eigenvalue weighted by Crippen LogP contribution is -2.40. The Hall–Kier alpha value is -0.0400. The predicted octanol–water partition coefficient (Wildman–Crippen LogP) is 2.94. The number of fused-ring (bicyclic) bond motifs is 2. The van der Waals surface area contributed by atoms with Crippen molar-refractivity contribution >= 4 is 0 Å². The van der Waals surface area contributed by atoms with E-state index in [1.807, 2.05) is 0 Å². The smallest absolute Gasteiger partial charge is 0.00204 e. The summed E-state index contributed by atoms with van der Waals surface area (Å²) in [4.78, 5) is 0. The number of hydrogen-bond acceptors (Lipinski definition) is 1. The highest BCUT2D eigenvalue weighted by molar-refractivity contribution is 4.92. The molecule has 2 rings (SSSR count). The molecular formula is C12H23N. The molecule has 0 amide bonds. The Morgan fingerprint density at radius 1 is 1.23 bits per heavy atom. The molecule has 2 bridgehead atoms. The van der Waals surface area contributed by atoms with Gasteiger partial charge < -0.3 is 5.73 Å². The number of hydrogen-bond donors (Lipinski definition) is 1. The zero-order chi connectivity index (χ0) is 9.31. The molecule has 0 heterocycles. The summed E-state index contributed by atoms with van der Waals surface area (Å²) in [5.41, 5.74) is 6.49.